The highest BCUT2D eigenvalue weighted by molar-refractivity contribution is 9.10. The highest BCUT2D eigenvalue weighted by Gasteiger charge is 2.35. The summed E-state index contributed by atoms with van der Waals surface area (Å²) in [4.78, 5) is 32.4. The Balaban J connectivity index is 1.58. The summed E-state index contributed by atoms with van der Waals surface area (Å²) in [6, 6.07) is 14.4. The number of nitrogens with zero attached hydrogens (tertiary/aromatic N) is 2. The first-order valence-corrected chi connectivity index (χ1v) is 15.8. The quantitative estimate of drug-likeness (QED) is 0.194. The number of thiazole rings is 1. The van der Waals surface area contributed by atoms with E-state index in [0.29, 0.717) is 52.4 Å². The summed E-state index contributed by atoms with van der Waals surface area (Å²) in [5.41, 5.74) is 2.14. The normalized spacial score (nSPS) is 14.6. The van der Waals surface area contributed by atoms with Crippen molar-refractivity contribution in [1.82, 2.24) is 4.57 Å². The van der Waals surface area contributed by atoms with E-state index in [1.54, 1.807) is 62.4 Å². The van der Waals surface area contributed by atoms with Gasteiger partial charge in [0.2, 0.25) is 0 Å². The van der Waals surface area contributed by atoms with E-state index in [-0.39, 0.29) is 30.2 Å². The maximum absolute atomic E-state index is 14.0. The molecule has 44 heavy (non-hydrogen) atoms. The van der Waals surface area contributed by atoms with Gasteiger partial charge >= 0.3 is 5.97 Å². The third kappa shape index (κ3) is 6.24. The van der Waals surface area contributed by atoms with Crippen molar-refractivity contribution < 1.29 is 28.1 Å². The van der Waals surface area contributed by atoms with Crippen molar-refractivity contribution in [2.24, 2.45) is 4.99 Å². The zero-order valence-corrected chi connectivity index (χ0v) is 28.1. The Morgan fingerprint density at radius 3 is 2.45 bits per heavy atom. The second-order valence-corrected chi connectivity index (χ2v) is 12.3. The second kappa shape index (κ2) is 13.5. The van der Waals surface area contributed by atoms with Gasteiger partial charge in [-0.2, -0.15) is 0 Å². The van der Waals surface area contributed by atoms with Gasteiger partial charge < -0.3 is 18.9 Å². The largest absolute Gasteiger partial charge is 0.493 e. The molecule has 5 rings (SSSR count). The molecule has 0 aliphatic carbocycles. The monoisotopic (exact) mass is 744 g/mol. The number of ether oxygens (including phenoxy) is 4. The molecular formula is C32H27Br2FN2O6S. The number of fused-ring (bicyclic) bond motifs is 1. The van der Waals surface area contributed by atoms with Crippen molar-refractivity contribution in [3.63, 3.8) is 0 Å². The van der Waals surface area contributed by atoms with Crippen LogP contribution in [0.4, 0.5) is 4.39 Å². The van der Waals surface area contributed by atoms with Gasteiger partial charge in [0.05, 0.1) is 47.1 Å². The van der Waals surface area contributed by atoms with Crippen LogP contribution in [-0.2, 0) is 16.1 Å². The Kier molecular flexibility index (Phi) is 9.72. The smallest absolute Gasteiger partial charge is 0.338 e. The summed E-state index contributed by atoms with van der Waals surface area (Å²) in [6.07, 6.45) is 1.75. The lowest BCUT2D eigenvalue weighted by molar-refractivity contribution is -0.139. The van der Waals surface area contributed by atoms with E-state index >= 15 is 0 Å². The molecule has 1 atom stereocenters. The third-order valence-electron chi connectivity index (χ3n) is 6.91. The number of carbonyl (C=O) groups excluding carboxylic acids is 1. The number of aromatic nitrogens is 1. The van der Waals surface area contributed by atoms with Gasteiger partial charge in [-0.25, -0.2) is 14.2 Å². The lowest BCUT2D eigenvalue weighted by Crippen LogP contribution is -2.40. The second-order valence-electron chi connectivity index (χ2n) is 9.60. The van der Waals surface area contributed by atoms with E-state index in [1.165, 1.54) is 36.2 Å². The average Bonchev–Trinajstić information content (AvgIpc) is 3.30. The van der Waals surface area contributed by atoms with E-state index < -0.39 is 12.0 Å². The summed E-state index contributed by atoms with van der Waals surface area (Å²) in [5, 5.41) is 0. The molecule has 3 aromatic carbocycles. The van der Waals surface area contributed by atoms with Gasteiger partial charge in [0.15, 0.2) is 16.3 Å². The number of halogens is 3. The number of hydrogen-bond donors (Lipinski definition) is 0. The minimum Gasteiger partial charge on any atom is -0.493 e. The van der Waals surface area contributed by atoms with E-state index in [1.807, 2.05) is 6.07 Å². The van der Waals surface area contributed by atoms with Crippen LogP contribution in [0.1, 0.15) is 36.6 Å². The van der Waals surface area contributed by atoms with Crippen LogP contribution < -0.4 is 29.1 Å². The highest BCUT2D eigenvalue weighted by atomic mass is 79.9. The molecule has 0 amide bonds. The summed E-state index contributed by atoms with van der Waals surface area (Å²) < 4.78 is 39.4. The highest BCUT2D eigenvalue weighted by Crippen LogP contribution is 2.40. The van der Waals surface area contributed by atoms with Gasteiger partial charge in [0.1, 0.15) is 18.2 Å². The molecule has 12 heteroatoms. The minimum atomic E-state index is -0.845. The topological polar surface area (TPSA) is 88.4 Å². The van der Waals surface area contributed by atoms with Gasteiger partial charge in [0.25, 0.3) is 5.56 Å². The van der Waals surface area contributed by atoms with Gasteiger partial charge in [0, 0.05) is 10.0 Å². The molecule has 0 radical (unpaired) electrons. The van der Waals surface area contributed by atoms with Crippen molar-refractivity contribution in [2.75, 3.05) is 20.8 Å². The van der Waals surface area contributed by atoms with Crippen LogP contribution in [0.15, 0.2) is 84.6 Å². The fraction of sp³-hybridized carbons (Fsp3) is 0.219. The Morgan fingerprint density at radius 1 is 1.05 bits per heavy atom. The van der Waals surface area contributed by atoms with E-state index in [2.05, 4.69) is 36.9 Å². The van der Waals surface area contributed by atoms with Crippen molar-refractivity contribution >= 4 is 55.2 Å². The van der Waals surface area contributed by atoms with Crippen molar-refractivity contribution in [3.8, 4) is 17.2 Å². The predicted octanol–water partition coefficient (Wildman–Crippen LogP) is 6.06. The Hall–Kier alpha value is -3.74. The van der Waals surface area contributed by atoms with Crippen molar-refractivity contribution in [2.45, 2.75) is 26.5 Å². The van der Waals surface area contributed by atoms with Crippen LogP contribution in [0.2, 0.25) is 0 Å². The molecule has 0 fully saturated rings. The molecule has 4 aromatic rings. The molecule has 0 saturated heterocycles. The van der Waals surface area contributed by atoms with Crippen LogP contribution in [-0.4, -0.2) is 31.4 Å². The summed E-state index contributed by atoms with van der Waals surface area (Å²) >= 11 is 8.34. The molecule has 228 valence electrons. The van der Waals surface area contributed by atoms with Gasteiger partial charge in [-0.15, -0.1) is 0 Å². The first-order chi connectivity index (χ1) is 21.2. The zero-order chi connectivity index (χ0) is 31.5. The van der Waals surface area contributed by atoms with Gasteiger partial charge in [-0.1, -0.05) is 51.5 Å². The maximum atomic E-state index is 14.0. The first-order valence-electron chi connectivity index (χ1n) is 13.4. The standard InChI is InChI=1S/C32H27Br2FN2O6S/c1-5-42-31(39)28-17(2)36-32-37(29(28)20-14-25(40-3)26(41-4)15-21(20)33)30(38)27(44-32)13-18-10-11-24(22(34)12-18)43-16-19-8-6-7-9-23(19)35/h6-15,29H,5,16H2,1-4H3/b27-13-/t29-/m0/s1. The molecule has 0 N–H and O–H groups in total. The van der Waals surface area contributed by atoms with E-state index in [9.17, 15) is 14.0 Å². The predicted molar refractivity (Wildman–Crippen MR) is 173 cm³/mol. The Labute approximate surface area is 273 Å². The zero-order valence-electron chi connectivity index (χ0n) is 24.2. The molecule has 0 unspecified atom stereocenters. The fourth-order valence-electron chi connectivity index (χ4n) is 4.81. The maximum Gasteiger partial charge on any atom is 0.338 e. The first kappa shape index (κ1) is 31.7. The van der Waals surface area contributed by atoms with Crippen molar-refractivity contribution in [3.05, 3.63) is 117 Å². The molecule has 1 aromatic heterocycles. The Morgan fingerprint density at radius 2 is 1.77 bits per heavy atom. The number of benzene rings is 3. The van der Waals surface area contributed by atoms with E-state index in [0.717, 1.165) is 5.56 Å². The van der Waals surface area contributed by atoms with Crippen LogP contribution in [0.3, 0.4) is 0 Å². The average molecular weight is 746 g/mol. The van der Waals surface area contributed by atoms with Crippen molar-refractivity contribution in [1.29, 1.82) is 0 Å². The third-order valence-corrected chi connectivity index (χ3v) is 9.20. The number of esters is 1. The molecular weight excluding hydrogens is 719 g/mol. The van der Waals surface area contributed by atoms with Crippen LogP contribution in [0.25, 0.3) is 6.08 Å². The molecule has 0 spiro atoms. The molecule has 8 nitrogen and oxygen atoms in total. The fourth-order valence-corrected chi connectivity index (χ4v) is 6.91. The summed E-state index contributed by atoms with van der Waals surface area (Å²) in [7, 11) is 3.05. The number of methoxy groups -OCH3 is 2. The molecule has 0 bridgehead atoms. The molecule has 0 saturated carbocycles. The number of allylic oxidation sites excluding steroid dienone is 1. The van der Waals surface area contributed by atoms with Crippen LogP contribution in [0, 0.1) is 5.82 Å². The number of carbonyl (C=O) groups is 1. The SMILES string of the molecule is CCOC(=O)C1=C(C)N=c2s/c(=C\c3ccc(OCc4ccccc4F)c(Br)c3)c(=O)n2[C@H]1c1cc(OC)c(OC)cc1Br. The van der Waals surface area contributed by atoms with Gasteiger partial charge in [-0.3, -0.25) is 9.36 Å². The van der Waals surface area contributed by atoms with Crippen LogP contribution >= 0.6 is 43.2 Å². The summed E-state index contributed by atoms with van der Waals surface area (Å²) in [6.45, 7) is 3.67. The molecule has 1 aliphatic heterocycles. The van der Waals surface area contributed by atoms with E-state index in [4.69, 9.17) is 18.9 Å². The van der Waals surface area contributed by atoms with Gasteiger partial charge in [-0.05, 0) is 77.3 Å². The molecule has 2 heterocycles. The number of hydrogen-bond acceptors (Lipinski definition) is 8. The minimum absolute atomic E-state index is 0.0665. The number of rotatable bonds is 9. The Bertz CT molecular complexity index is 1970. The van der Waals surface area contributed by atoms with Crippen LogP contribution in [0.5, 0.6) is 17.2 Å². The lowest BCUT2D eigenvalue weighted by atomic mass is 9.95. The molecule has 1 aliphatic rings. The lowest BCUT2D eigenvalue weighted by Gasteiger charge is -2.26. The summed E-state index contributed by atoms with van der Waals surface area (Å²) in [5.74, 6) is 0.550.